The lowest BCUT2D eigenvalue weighted by Gasteiger charge is -2.07. The summed E-state index contributed by atoms with van der Waals surface area (Å²) < 4.78 is 46.3. The average molecular weight is 395 g/mol. The second kappa shape index (κ2) is 7.84. The van der Waals surface area contributed by atoms with Crippen LogP contribution in [0, 0.1) is 5.82 Å². The van der Waals surface area contributed by atoms with E-state index < -0.39 is 18.2 Å². The summed E-state index contributed by atoms with van der Waals surface area (Å²) in [5.74, 6) is -1.10. The second-order valence-electron chi connectivity index (χ2n) is 5.71. The van der Waals surface area contributed by atoms with Gasteiger partial charge in [-0.15, -0.1) is 0 Å². The first kappa shape index (κ1) is 19.0. The molecular weight excluding hydrogens is 381 g/mol. The van der Waals surface area contributed by atoms with Gasteiger partial charge in [0.05, 0.1) is 24.9 Å². The predicted molar refractivity (Wildman–Crippen MR) is 96.3 cm³/mol. The van der Waals surface area contributed by atoms with Crippen LogP contribution in [0.1, 0.15) is 23.2 Å². The Hall–Kier alpha value is -2.80. The van der Waals surface area contributed by atoms with E-state index >= 15 is 0 Å². The summed E-state index contributed by atoms with van der Waals surface area (Å²) in [6.45, 7) is 0.0122. The van der Waals surface area contributed by atoms with Crippen molar-refractivity contribution in [3.8, 4) is 0 Å². The molecule has 1 heterocycles. The van der Waals surface area contributed by atoms with Crippen LogP contribution in [0.3, 0.4) is 0 Å². The highest BCUT2D eigenvalue weighted by Gasteiger charge is 2.15. The summed E-state index contributed by atoms with van der Waals surface area (Å²) in [7, 11) is 1.24. The maximum atomic E-state index is 14.1. The van der Waals surface area contributed by atoms with E-state index in [1.165, 1.54) is 60.3 Å². The Morgan fingerprint density at radius 2 is 2.07 bits per heavy atom. The lowest BCUT2D eigenvalue weighted by atomic mass is 10.1. The smallest absolute Gasteiger partial charge is 0.330 e. The number of aromatic nitrogens is 2. The number of benzene rings is 2. The Kier molecular flexibility index (Phi) is 5.51. The van der Waals surface area contributed by atoms with E-state index in [1.807, 2.05) is 0 Å². The molecule has 0 aliphatic heterocycles. The number of carbonyl (C=O) groups excluding carboxylic acids is 1. The van der Waals surface area contributed by atoms with Crippen LogP contribution >= 0.6 is 11.6 Å². The van der Waals surface area contributed by atoms with Crippen molar-refractivity contribution in [2.45, 2.75) is 13.0 Å². The molecule has 0 N–H and O–H groups in total. The normalized spacial score (nSPS) is 11.6. The number of hydrogen-bond acceptors (Lipinski definition) is 3. The molecule has 27 heavy (non-hydrogen) atoms. The SMILES string of the molecule is COC(=O)C=Cc1nn(Cc2ccc(Cl)cc2F)c2cc(C(F)F)ccc12. The summed E-state index contributed by atoms with van der Waals surface area (Å²) in [5, 5.41) is 5.14. The van der Waals surface area contributed by atoms with Crippen LogP contribution in [0.2, 0.25) is 5.02 Å². The average Bonchev–Trinajstić information content (AvgIpc) is 2.99. The molecule has 0 spiro atoms. The fourth-order valence-corrected chi connectivity index (χ4v) is 2.78. The van der Waals surface area contributed by atoms with Gasteiger partial charge in [-0.2, -0.15) is 5.10 Å². The number of ether oxygens (including phenoxy) is 1. The quantitative estimate of drug-likeness (QED) is 0.452. The van der Waals surface area contributed by atoms with Crippen LogP contribution in [0.4, 0.5) is 13.2 Å². The van der Waals surface area contributed by atoms with E-state index in [9.17, 15) is 18.0 Å². The number of fused-ring (bicyclic) bond motifs is 1. The molecule has 0 radical (unpaired) electrons. The topological polar surface area (TPSA) is 44.1 Å². The van der Waals surface area contributed by atoms with Gasteiger partial charge in [-0.25, -0.2) is 18.0 Å². The van der Waals surface area contributed by atoms with E-state index in [2.05, 4.69) is 9.84 Å². The van der Waals surface area contributed by atoms with Gasteiger partial charge in [0.2, 0.25) is 0 Å². The molecule has 0 amide bonds. The summed E-state index contributed by atoms with van der Waals surface area (Å²) in [5.41, 5.74) is 0.899. The monoisotopic (exact) mass is 394 g/mol. The number of carbonyl (C=O) groups is 1. The molecular formula is C19H14ClF3N2O2. The first-order chi connectivity index (χ1) is 12.9. The third-order valence-corrected chi connectivity index (χ3v) is 4.21. The van der Waals surface area contributed by atoms with Gasteiger partial charge in [-0.05, 0) is 24.3 Å². The number of rotatable bonds is 5. The van der Waals surface area contributed by atoms with Gasteiger partial charge in [-0.1, -0.05) is 29.8 Å². The highest BCUT2D eigenvalue weighted by Crippen LogP contribution is 2.27. The van der Waals surface area contributed by atoms with E-state index in [0.717, 1.165) is 0 Å². The minimum atomic E-state index is -2.65. The number of nitrogens with zero attached hydrogens (tertiary/aromatic N) is 2. The van der Waals surface area contributed by atoms with Crippen molar-refractivity contribution >= 4 is 34.5 Å². The number of halogens is 4. The molecule has 140 valence electrons. The largest absolute Gasteiger partial charge is 0.466 e. The van der Waals surface area contributed by atoms with Crippen LogP contribution in [0.25, 0.3) is 17.0 Å². The fourth-order valence-electron chi connectivity index (χ4n) is 2.62. The third-order valence-electron chi connectivity index (χ3n) is 3.97. The van der Waals surface area contributed by atoms with Crippen molar-refractivity contribution in [3.63, 3.8) is 0 Å². The van der Waals surface area contributed by atoms with Crippen molar-refractivity contribution in [1.82, 2.24) is 9.78 Å². The van der Waals surface area contributed by atoms with Gasteiger partial charge in [0.1, 0.15) is 5.82 Å². The first-order valence-electron chi connectivity index (χ1n) is 7.87. The number of methoxy groups -OCH3 is 1. The zero-order chi connectivity index (χ0) is 19.6. The van der Waals surface area contributed by atoms with E-state index in [1.54, 1.807) is 0 Å². The summed E-state index contributed by atoms with van der Waals surface area (Å²) >= 11 is 5.76. The third kappa shape index (κ3) is 4.14. The Labute approximate surface area is 157 Å². The van der Waals surface area contributed by atoms with E-state index in [4.69, 9.17) is 11.6 Å². The van der Waals surface area contributed by atoms with Gasteiger partial charge in [0.25, 0.3) is 6.43 Å². The molecule has 2 aromatic carbocycles. The summed E-state index contributed by atoms with van der Waals surface area (Å²) in [6, 6.07) is 8.30. The number of alkyl halides is 2. The minimum absolute atomic E-state index is 0.0122. The highest BCUT2D eigenvalue weighted by atomic mass is 35.5. The molecule has 8 heteroatoms. The van der Waals surface area contributed by atoms with Crippen molar-refractivity contribution in [1.29, 1.82) is 0 Å². The van der Waals surface area contributed by atoms with Crippen molar-refractivity contribution in [2.75, 3.05) is 7.11 Å². The van der Waals surface area contributed by atoms with Crippen LogP contribution in [0.5, 0.6) is 0 Å². The zero-order valence-corrected chi connectivity index (χ0v) is 14.9. The maximum Gasteiger partial charge on any atom is 0.330 e. The van der Waals surface area contributed by atoms with Gasteiger partial charge >= 0.3 is 5.97 Å². The fraction of sp³-hybridized carbons (Fsp3) is 0.158. The van der Waals surface area contributed by atoms with Crippen LogP contribution in [0.15, 0.2) is 42.5 Å². The van der Waals surface area contributed by atoms with Gasteiger partial charge in [0.15, 0.2) is 0 Å². The molecule has 0 fully saturated rings. The lowest BCUT2D eigenvalue weighted by Crippen LogP contribution is -2.04. The van der Waals surface area contributed by atoms with Crippen molar-refractivity contribution in [3.05, 3.63) is 70.1 Å². The summed E-state index contributed by atoms with van der Waals surface area (Å²) in [4.78, 5) is 11.3. The molecule has 4 nitrogen and oxygen atoms in total. The Bertz CT molecular complexity index is 1030. The van der Waals surface area contributed by atoms with Crippen LogP contribution in [-0.2, 0) is 16.1 Å². The Morgan fingerprint density at radius 1 is 1.30 bits per heavy atom. The van der Waals surface area contributed by atoms with Crippen molar-refractivity contribution < 1.29 is 22.7 Å². The molecule has 0 aliphatic carbocycles. The van der Waals surface area contributed by atoms with Crippen molar-refractivity contribution in [2.24, 2.45) is 0 Å². The van der Waals surface area contributed by atoms with Gasteiger partial charge in [0, 0.05) is 27.6 Å². The predicted octanol–water partition coefficient (Wildman–Crippen LogP) is 5.00. The molecule has 1 aromatic heterocycles. The Morgan fingerprint density at radius 3 is 2.74 bits per heavy atom. The first-order valence-corrected chi connectivity index (χ1v) is 8.25. The zero-order valence-electron chi connectivity index (χ0n) is 14.1. The van der Waals surface area contributed by atoms with Gasteiger partial charge < -0.3 is 4.74 Å². The molecule has 0 unspecified atom stereocenters. The minimum Gasteiger partial charge on any atom is -0.466 e. The number of esters is 1. The molecule has 3 aromatic rings. The molecule has 3 rings (SSSR count). The molecule has 0 saturated heterocycles. The standard InChI is InChI=1S/C19H14ClF3N2O2/c1-27-18(26)7-6-16-14-5-3-11(19(22)23)8-17(14)25(24-16)10-12-2-4-13(20)9-15(12)21/h2-9,19H,10H2,1H3. The lowest BCUT2D eigenvalue weighted by molar-refractivity contribution is -0.134. The van der Waals surface area contributed by atoms with E-state index in [0.29, 0.717) is 22.2 Å². The van der Waals surface area contributed by atoms with Crippen LogP contribution < -0.4 is 0 Å². The van der Waals surface area contributed by atoms with Crippen LogP contribution in [-0.4, -0.2) is 22.9 Å². The van der Waals surface area contributed by atoms with Gasteiger partial charge in [-0.3, -0.25) is 4.68 Å². The Balaban J connectivity index is 2.10. The molecule has 0 aliphatic rings. The van der Waals surface area contributed by atoms with E-state index in [-0.39, 0.29) is 17.1 Å². The molecule has 0 atom stereocenters. The summed E-state index contributed by atoms with van der Waals surface area (Å²) in [6.07, 6.45) is -0.0555. The molecule has 0 saturated carbocycles. The second-order valence-corrected chi connectivity index (χ2v) is 6.15. The highest BCUT2D eigenvalue weighted by molar-refractivity contribution is 6.30. The maximum absolute atomic E-state index is 14.1. The number of hydrogen-bond donors (Lipinski definition) is 0. The molecule has 0 bridgehead atoms.